The normalized spacial score (nSPS) is 11.4. The predicted octanol–water partition coefficient (Wildman–Crippen LogP) is 25.0. The largest absolute Gasteiger partial charge is 0.488 e. The first kappa shape index (κ1) is 65.8. The molecule has 0 spiro atoms. The molecule has 0 saturated heterocycles. The average Bonchev–Trinajstić information content (AvgIpc) is 2.53. The van der Waals surface area contributed by atoms with Crippen molar-refractivity contribution >= 4 is 217 Å². The molecule has 0 saturated carbocycles. The van der Waals surface area contributed by atoms with Crippen LogP contribution in [0.3, 0.4) is 0 Å². The van der Waals surface area contributed by atoms with Crippen LogP contribution >= 0.6 is 204 Å². The van der Waals surface area contributed by atoms with Gasteiger partial charge in [-0.15, -0.1) is 0 Å². The second-order valence-electron chi connectivity index (χ2n) is 18.9. The van der Waals surface area contributed by atoms with Gasteiger partial charge in [0.15, 0.2) is 0 Å². The molecule has 82 heavy (non-hydrogen) atoms. The van der Waals surface area contributed by atoms with Gasteiger partial charge in [-0.05, 0) is 235 Å². The fraction of sp³-hybridized carbons (Fsp3) is 0.0625. The third kappa shape index (κ3) is 15.2. The van der Waals surface area contributed by atoms with Crippen molar-refractivity contribution in [3.63, 3.8) is 0 Å². The minimum Gasteiger partial charge on any atom is -0.423 e. The number of halogens is 15. The molecule has 0 unspecified atom stereocenters. The van der Waals surface area contributed by atoms with Gasteiger partial charge in [-0.25, -0.2) is 0 Å². The molecule has 0 atom stereocenters. The van der Waals surface area contributed by atoms with Crippen molar-refractivity contribution in [3.8, 4) is 33.4 Å². The topological polar surface area (TPSA) is 40.5 Å². The van der Waals surface area contributed by atoms with Gasteiger partial charge in [-0.2, -0.15) is 0 Å². The van der Waals surface area contributed by atoms with Crippen molar-refractivity contribution in [1.29, 1.82) is 0 Å². The summed E-state index contributed by atoms with van der Waals surface area (Å²) in [6.45, 7) is 4.52. The highest BCUT2D eigenvalue weighted by atomic mass is 79.9. The van der Waals surface area contributed by atoms with E-state index in [9.17, 15) is 0 Å². The van der Waals surface area contributed by atoms with Gasteiger partial charge < -0.3 is 10.0 Å². The zero-order chi connectivity index (χ0) is 59.4. The lowest BCUT2D eigenvalue weighted by atomic mass is 9.70. The standard InChI is InChI=1S/C38H21Br3Cl6.C20H15Br3.C6H4BBrCl2O2/c1-38(26-8-2-20(3-9-26)23-14-29(39)35(45)32(42)17-23,27-10-4-21(5-11-27)24-15-30(40)36(46)33(43)18-24)28-12-6-22(7-13-28)25-16-31(41)37(47)34(44)19-25;1-20(14-2-8-17(21)9-3-14,15-4-10-18(22)11-5-15)16-6-12-19(23)13-7-16;8-4-1-3(7(11)12)2-5(9)6(4)10/h2-19H,1H3;2-13H,1H3;1-2,11-12H. The first-order valence-electron chi connectivity index (χ1n) is 24.4. The quantitative estimate of drug-likeness (QED) is 0.0814. The zero-order valence-electron chi connectivity index (χ0n) is 42.6. The Balaban J connectivity index is 0.000000206. The van der Waals surface area contributed by atoms with Gasteiger partial charge in [0, 0.05) is 42.1 Å². The van der Waals surface area contributed by atoms with E-state index in [1.807, 2.05) is 36.4 Å². The van der Waals surface area contributed by atoms with Crippen LogP contribution in [0.15, 0.2) is 225 Å². The van der Waals surface area contributed by atoms with E-state index < -0.39 is 12.5 Å². The Kier molecular flexibility index (Phi) is 23.1. The molecule has 0 aliphatic rings. The first-order valence-corrected chi connectivity index (χ1v) is 33.0. The van der Waals surface area contributed by atoms with Gasteiger partial charge in [0.1, 0.15) is 0 Å². The Morgan fingerprint density at radius 1 is 0.280 bits per heavy atom. The number of rotatable bonds is 10. The van der Waals surface area contributed by atoms with E-state index in [2.05, 4.69) is 271 Å². The molecule has 0 radical (unpaired) electrons. The maximum atomic E-state index is 8.80. The van der Waals surface area contributed by atoms with E-state index in [0.717, 1.165) is 76.9 Å². The monoisotopic (exact) mass is 1680 g/mol. The molecular weight excluding hydrogens is 1650 g/mol. The molecule has 18 heteroatoms. The molecule has 0 aliphatic carbocycles. The van der Waals surface area contributed by atoms with E-state index in [1.165, 1.54) is 28.8 Å². The molecule has 0 aliphatic heterocycles. The van der Waals surface area contributed by atoms with Crippen LogP contribution in [-0.2, 0) is 10.8 Å². The van der Waals surface area contributed by atoms with Gasteiger partial charge in [0.2, 0.25) is 0 Å². The zero-order valence-corrected chi connectivity index (χ0v) is 59.8. The summed E-state index contributed by atoms with van der Waals surface area (Å²) in [6, 6.07) is 65.9. The fourth-order valence-electron chi connectivity index (χ4n) is 9.23. The van der Waals surface area contributed by atoms with Crippen molar-refractivity contribution in [1.82, 2.24) is 0 Å². The molecule has 0 aromatic heterocycles. The highest BCUT2D eigenvalue weighted by Crippen LogP contribution is 2.45. The van der Waals surface area contributed by atoms with Crippen LogP contribution in [0.5, 0.6) is 0 Å². The molecule has 0 fully saturated rings. The summed E-state index contributed by atoms with van der Waals surface area (Å²) < 4.78 is 6.07. The van der Waals surface area contributed by atoms with Gasteiger partial charge in [0.25, 0.3) is 0 Å². The summed E-state index contributed by atoms with van der Waals surface area (Å²) in [6.07, 6.45) is 0. The van der Waals surface area contributed by atoms with Gasteiger partial charge >= 0.3 is 7.12 Å². The number of hydrogen-bond donors (Lipinski definition) is 2. The summed E-state index contributed by atoms with van der Waals surface area (Å²) in [5, 5.41) is 21.2. The molecule has 0 bridgehead atoms. The summed E-state index contributed by atoms with van der Waals surface area (Å²) >= 11 is 73.8. The summed E-state index contributed by atoms with van der Waals surface area (Å²) in [5.74, 6) is 0. The molecule has 10 aromatic rings. The SMILES string of the molecule is CC(c1ccc(-c2cc(Cl)c(Cl)c(Br)c2)cc1)(c1ccc(-c2cc(Cl)c(Cl)c(Br)c2)cc1)c1ccc(-c2cc(Cl)c(Cl)c(Br)c2)cc1.CC(c1ccc(Br)cc1)(c1ccc(Br)cc1)c1ccc(Br)cc1.OB(O)c1cc(Cl)c(Cl)c(Br)c1. The summed E-state index contributed by atoms with van der Waals surface area (Å²) in [5.41, 5.74) is 12.7. The van der Waals surface area contributed by atoms with Crippen LogP contribution in [-0.4, -0.2) is 17.2 Å². The van der Waals surface area contributed by atoms with Crippen molar-refractivity contribution in [2.45, 2.75) is 24.7 Å². The van der Waals surface area contributed by atoms with E-state index in [-0.39, 0.29) is 10.4 Å². The van der Waals surface area contributed by atoms with Crippen LogP contribution in [0.25, 0.3) is 33.4 Å². The Labute approximate surface area is 576 Å². The maximum Gasteiger partial charge on any atom is 0.488 e. The Bertz CT molecular complexity index is 3470. The Morgan fingerprint density at radius 2 is 0.488 bits per heavy atom. The maximum absolute atomic E-state index is 8.80. The lowest BCUT2D eigenvalue weighted by Crippen LogP contribution is -2.29. The molecule has 0 heterocycles. The van der Waals surface area contributed by atoms with E-state index >= 15 is 0 Å². The summed E-state index contributed by atoms with van der Waals surface area (Å²) in [7, 11) is -1.53. The number of hydrogen-bond acceptors (Lipinski definition) is 2. The molecule has 0 amide bonds. The fourth-order valence-corrected chi connectivity index (χ4v) is 13.7. The minimum atomic E-state index is -1.53. The van der Waals surface area contributed by atoms with E-state index in [4.69, 9.17) is 103 Å². The highest BCUT2D eigenvalue weighted by molar-refractivity contribution is 9.11. The Hall–Kier alpha value is -2.14. The third-order valence-electron chi connectivity index (χ3n) is 13.9. The molecule has 10 aromatic carbocycles. The smallest absolute Gasteiger partial charge is 0.423 e. The van der Waals surface area contributed by atoms with Gasteiger partial charge in [-0.3, -0.25) is 0 Å². The second kappa shape index (κ2) is 28.8. The molecular formula is C64H40BBr7Cl8O2. The van der Waals surface area contributed by atoms with Crippen molar-refractivity contribution in [3.05, 3.63) is 299 Å². The lowest BCUT2D eigenvalue weighted by Gasteiger charge is -2.32. The molecule has 2 nitrogen and oxygen atoms in total. The lowest BCUT2D eigenvalue weighted by molar-refractivity contribution is 0.425. The van der Waals surface area contributed by atoms with Gasteiger partial charge in [-0.1, -0.05) is 250 Å². The molecule has 416 valence electrons. The van der Waals surface area contributed by atoms with Crippen LogP contribution in [0, 0.1) is 0 Å². The average molecular weight is 1690 g/mol. The highest BCUT2D eigenvalue weighted by Gasteiger charge is 2.33. The van der Waals surface area contributed by atoms with Crippen LogP contribution in [0.1, 0.15) is 47.2 Å². The molecule has 2 N–H and O–H groups in total. The summed E-state index contributed by atoms with van der Waals surface area (Å²) in [4.78, 5) is 0. The van der Waals surface area contributed by atoms with Crippen molar-refractivity contribution in [2.75, 3.05) is 0 Å². The van der Waals surface area contributed by atoms with E-state index in [1.54, 1.807) is 0 Å². The minimum absolute atomic E-state index is 0.206. The predicted molar refractivity (Wildman–Crippen MR) is 376 cm³/mol. The van der Waals surface area contributed by atoms with Crippen molar-refractivity contribution in [2.24, 2.45) is 0 Å². The second-order valence-corrected chi connectivity index (χ2v) is 28.2. The number of benzene rings is 10. The van der Waals surface area contributed by atoms with Crippen LogP contribution in [0.2, 0.25) is 40.2 Å². The van der Waals surface area contributed by atoms with Crippen LogP contribution < -0.4 is 5.46 Å². The third-order valence-corrected chi connectivity index (χ3v) is 22.1. The molecule has 10 rings (SSSR count). The Morgan fingerprint density at radius 3 is 0.695 bits per heavy atom. The van der Waals surface area contributed by atoms with Crippen molar-refractivity contribution < 1.29 is 10.0 Å². The first-order chi connectivity index (χ1) is 38.9. The van der Waals surface area contributed by atoms with E-state index in [0.29, 0.717) is 45.1 Å². The van der Waals surface area contributed by atoms with Crippen LogP contribution in [0.4, 0.5) is 0 Å². The van der Waals surface area contributed by atoms with Gasteiger partial charge in [0.05, 0.1) is 40.2 Å².